The molecule has 12 heavy (non-hydrogen) atoms. The fraction of sp³-hybridized carbons (Fsp3) is 0.400. The van der Waals surface area contributed by atoms with Crippen molar-refractivity contribution in [2.45, 2.75) is 20.3 Å². The molecule has 0 aromatic carbocycles. The van der Waals surface area contributed by atoms with Gasteiger partial charge in [-0.25, -0.2) is 9.97 Å². The molecule has 0 aliphatic heterocycles. The fourth-order valence-corrected chi connectivity index (χ4v) is 0.941. The first kappa shape index (κ1) is 8.91. The summed E-state index contributed by atoms with van der Waals surface area (Å²) in [6.45, 7) is 7.96. The van der Waals surface area contributed by atoms with Crippen molar-refractivity contribution in [3.05, 3.63) is 30.4 Å². The minimum absolute atomic E-state index is 0.611. The van der Waals surface area contributed by atoms with Crippen molar-refractivity contribution in [1.82, 2.24) is 9.97 Å². The van der Waals surface area contributed by atoms with Crippen LogP contribution in [-0.4, -0.2) is 9.97 Å². The van der Waals surface area contributed by atoms with Crippen molar-refractivity contribution in [2.75, 3.05) is 0 Å². The summed E-state index contributed by atoms with van der Waals surface area (Å²) < 4.78 is 0. The van der Waals surface area contributed by atoms with E-state index >= 15 is 0 Å². The zero-order chi connectivity index (χ0) is 8.97. The van der Waals surface area contributed by atoms with Crippen LogP contribution in [0.5, 0.6) is 0 Å². The van der Waals surface area contributed by atoms with Crippen molar-refractivity contribution in [2.24, 2.45) is 5.92 Å². The van der Waals surface area contributed by atoms with E-state index in [1.54, 1.807) is 18.5 Å². The monoisotopic (exact) mass is 162 g/mol. The Bertz CT molecular complexity index is 249. The molecule has 1 aromatic rings. The summed E-state index contributed by atoms with van der Waals surface area (Å²) in [4.78, 5) is 8.41. The van der Waals surface area contributed by atoms with E-state index in [9.17, 15) is 0 Å². The maximum atomic E-state index is 4.21. The van der Waals surface area contributed by atoms with Gasteiger partial charge in [-0.1, -0.05) is 26.5 Å². The molecule has 0 aliphatic carbocycles. The smallest absolute Gasteiger partial charge is 0.128 e. The Morgan fingerprint density at radius 3 is 2.42 bits per heavy atom. The molecule has 0 aliphatic rings. The zero-order valence-corrected chi connectivity index (χ0v) is 7.62. The number of nitrogens with zero attached hydrogens (tertiary/aromatic N) is 2. The van der Waals surface area contributed by atoms with Gasteiger partial charge in [0.25, 0.3) is 0 Å². The molecule has 0 saturated heterocycles. The Hall–Kier alpha value is -1.18. The number of aromatic nitrogens is 2. The van der Waals surface area contributed by atoms with Gasteiger partial charge in [0.15, 0.2) is 0 Å². The lowest BCUT2D eigenvalue weighted by molar-refractivity contribution is 0.620. The minimum Gasteiger partial charge on any atom is -0.241 e. The van der Waals surface area contributed by atoms with Crippen LogP contribution in [-0.2, 0) is 6.42 Å². The lowest BCUT2D eigenvalue weighted by Crippen LogP contribution is -1.99. The molecule has 0 N–H and O–H groups in total. The highest BCUT2D eigenvalue weighted by Gasteiger charge is 1.99. The van der Waals surface area contributed by atoms with Gasteiger partial charge >= 0.3 is 0 Å². The Kier molecular flexibility index (Phi) is 2.97. The average molecular weight is 162 g/mol. The van der Waals surface area contributed by atoms with Gasteiger partial charge in [0, 0.05) is 24.4 Å². The molecule has 0 unspecified atom stereocenters. The summed E-state index contributed by atoms with van der Waals surface area (Å²) in [7, 11) is 0. The van der Waals surface area contributed by atoms with Gasteiger partial charge in [-0.15, -0.1) is 0 Å². The molecule has 1 aromatic heterocycles. The SMILES string of the molecule is C=Cc1cnc(CC(C)C)nc1. The second-order valence-electron chi connectivity index (χ2n) is 3.23. The Morgan fingerprint density at radius 2 is 2.00 bits per heavy atom. The normalized spacial score (nSPS) is 10.2. The van der Waals surface area contributed by atoms with E-state index in [1.165, 1.54) is 0 Å². The predicted molar refractivity (Wildman–Crippen MR) is 50.7 cm³/mol. The van der Waals surface area contributed by atoms with Gasteiger partial charge in [0.05, 0.1) is 0 Å². The number of rotatable bonds is 3. The van der Waals surface area contributed by atoms with E-state index in [4.69, 9.17) is 0 Å². The lowest BCUT2D eigenvalue weighted by Gasteiger charge is -2.02. The molecule has 0 spiro atoms. The fourth-order valence-electron chi connectivity index (χ4n) is 0.941. The van der Waals surface area contributed by atoms with Gasteiger partial charge in [0.2, 0.25) is 0 Å². The highest BCUT2D eigenvalue weighted by molar-refractivity contribution is 5.43. The summed E-state index contributed by atoms with van der Waals surface area (Å²) in [6.07, 6.45) is 6.30. The molecule has 1 rings (SSSR count). The first-order valence-electron chi connectivity index (χ1n) is 4.15. The molecule has 0 amide bonds. The number of hydrogen-bond donors (Lipinski definition) is 0. The molecule has 0 fully saturated rings. The van der Waals surface area contributed by atoms with Gasteiger partial charge < -0.3 is 0 Å². The molecule has 64 valence electrons. The van der Waals surface area contributed by atoms with Gasteiger partial charge in [-0.3, -0.25) is 0 Å². The van der Waals surface area contributed by atoms with E-state index in [0.717, 1.165) is 17.8 Å². The van der Waals surface area contributed by atoms with E-state index in [0.29, 0.717) is 5.92 Å². The first-order valence-corrected chi connectivity index (χ1v) is 4.15. The predicted octanol–water partition coefficient (Wildman–Crippen LogP) is 2.32. The van der Waals surface area contributed by atoms with Crippen LogP contribution in [0, 0.1) is 5.92 Å². The van der Waals surface area contributed by atoms with Crippen molar-refractivity contribution in [1.29, 1.82) is 0 Å². The van der Waals surface area contributed by atoms with E-state index in [2.05, 4.69) is 30.4 Å². The van der Waals surface area contributed by atoms with Crippen molar-refractivity contribution < 1.29 is 0 Å². The van der Waals surface area contributed by atoms with Crippen LogP contribution in [0.2, 0.25) is 0 Å². The summed E-state index contributed by atoms with van der Waals surface area (Å²) in [5.41, 5.74) is 0.975. The largest absolute Gasteiger partial charge is 0.241 e. The molecule has 0 radical (unpaired) electrons. The Balaban J connectivity index is 2.71. The lowest BCUT2D eigenvalue weighted by atomic mass is 10.1. The molecule has 0 bridgehead atoms. The second kappa shape index (κ2) is 4.00. The molecular weight excluding hydrogens is 148 g/mol. The summed E-state index contributed by atoms with van der Waals surface area (Å²) >= 11 is 0. The van der Waals surface area contributed by atoms with E-state index < -0.39 is 0 Å². The zero-order valence-electron chi connectivity index (χ0n) is 7.62. The van der Waals surface area contributed by atoms with Gasteiger partial charge in [-0.2, -0.15) is 0 Å². The van der Waals surface area contributed by atoms with Crippen molar-refractivity contribution in [3.8, 4) is 0 Å². The van der Waals surface area contributed by atoms with Crippen LogP contribution in [0.4, 0.5) is 0 Å². The third kappa shape index (κ3) is 2.46. The van der Waals surface area contributed by atoms with Gasteiger partial charge in [0.1, 0.15) is 5.82 Å². The number of hydrogen-bond acceptors (Lipinski definition) is 2. The summed E-state index contributed by atoms with van der Waals surface area (Å²) in [5, 5.41) is 0. The molecular formula is C10H14N2. The third-order valence-corrected chi connectivity index (χ3v) is 1.55. The second-order valence-corrected chi connectivity index (χ2v) is 3.23. The summed E-state index contributed by atoms with van der Waals surface area (Å²) in [6, 6.07) is 0. The summed E-state index contributed by atoms with van der Waals surface area (Å²) in [5.74, 6) is 1.52. The van der Waals surface area contributed by atoms with Crippen molar-refractivity contribution in [3.63, 3.8) is 0 Å². The standard InChI is InChI=1S/C10H14N2/c1-4-9-6-11-10(12-7-9)5-8(2)3/h4,6-8H,1,5H2,2-3H3. The first-order chi connectivity index (χ1) is 5.72. The molecule has 2 nitrogen and oxygen atoms in total. The van der Waals surface area contributed by atoms with Crippen LogP contribution in [0.25, 0.3) is 6.08 Å². The van der Waals surface area contributed by atoms with Gasteiger partial charge in [-0.05, 0) is 5.92 Å². The molecule has 0 saturated carbocycles. The Labute approximate surface area is 73.4 Å². The quantitative estimate of drug-likeness (QED) is 0.681. The highest BCUT2D eigenvalue weighted by Crippen LogP contribution is 2.03. The van der Waals surface area contributed by atoms with E-state index in [-0.39, 0.29) is 0 Å². The maximum Gasteiger partial charge on any atom is 0.128 e. The van der Waals surface area contributed by atoms with Crippen LogP contribution in [0.1, 0.15) is 25.2 Å². The minimum atomic E-state index is 0.611. The molecule has 1 heterocycles. The average Bonchev–Trinajstić information content (AvgIpc) is 2.05. The van der Waals surface area contributed by atoms with E-state index in [1.807, 2.05) is 0 Å². The highest BCUT2D eigenvalue weighted by atomic mass is 14.9. The van der Waals surface area contributed by atoms with Crippen LogP contribution in [0.3, 0.4) is 0 Å². The molecule has 0 atom stereocenters. The van der Waals surface area contributed by atoms with Crippen LogP contribution in [0.15, 0.2) is 19.0 Å². The third-order valence-electron chi connectivity index (χ3n) is 1.55. The van der Waals surface area contributed by atoms with Crippen LogP contribution < -0.4 is 0 Å². The van der Waals surface area contributed by atoms with Crippen molar-refractivity contribution >= 4 is 6.08 Å². The van der Waals surface area contributed by atoms with Crippen LogP contribution >= 0.6 is 0 Å². The maximum absolute atomic E-state index is 4.21. The Morgan fingerprint density at radius 1 is 1.42 bits per heavy atom. The molecule has 2 heteroatoms. The topological polar surface area (TPSA) is 25.8 Å².